The lowest BCUT2D eigenvalue weighted by atomic mass is 9.82. The molecule has 0 saturated heterocycles. The molecule has 0 bridgehead atoms. The fourth-order valence-electron chi connectivity index (χ4n) is 2.31. The van der Waals surface area contributed by atoms with Crippen LogP contribution in [0.1, 0.15) is 38.4 Å². The molecule has 4 heteroatoms. The Morgan fingerprint density at radius 3 is 2.87 bits per heavy atom. The first-order valence-corrected chi connectivity index (χ1v) is 5.65. The van der Waals surface area contributed by atoms with Crippen molar-refractivity contribution in [3.63, 3.8) is 0 Å². The summed E-state index contributed by atoms with van der Waals surface area (Å²) in [6, 6.07) is 0.246. The van der Waals surface area contributed by atoms with E-state index in [0.29, 0.717) is 0 Å². The maximum Gasteiger partial charge on any atom is 0.140 e. The molecule has 1 aliphatic rings. The largest absolute Gasteiger partial charge is 0.382 e. The first-order chi connectivity index (χ1) is 7.15. The van der Waals surface area contributed by atoms with E-state index in [0.717, 1.165) is 38.1 Å². The number of aliphatic hydroxyl groups is 1. The Kier molecular flexibility index (Phi) is 2.80. The predicted octanol–water partition coefficient (Wildman–Crippen LogP) is 0.992. The molecule has 3 N–H and O–H groups in total. The number of hydrogen-bond donors (Lipinski definition) is 2. The van der Waals surface area contributed by atoms with E-state index in [2.05, 4.69) is 11.9 Å². The van der Waals surface area contributed by atoms with Gasteiger partial charge < -0.3 is 15.4 Å². The van der Waals surface area contributed by atoms with E-state index < -0.39 is 5.60 Å². The van der Waals surface area contributed by atoms with Gasteiger partial charge >= 0.3 is 0 Å². The first kappa shape index (κ1) is 10.6. The van der Waals surface area contributed by atoms with Gasteiger partial charge in [-0.05, 0) is 32.6 Å². The van der Waals surface area contributed by atoms with Crippen molar-refractivity contribution in [1.82, 2.24) is 9.55 Å². The molecule has 1 saturated carbocycles. The average Bonchev–Trinajstić information content (AvgIpc) is 2.71. The van der Waals surface area contributed by atoms with Crippen LogP contribution in [0.25, 0.3) is 0 Å². The van der Waals surface area contributed by atoms with Gasteiger partial charge in [-0.2, -0.15) is 0 Å². The van der Waals surface area contributed by atoms with Crippen LogP contribution in [0, 0.1) is 0 Å². The molecule has 84 valence electrons. The molecule has 1 heterocycles. The molecule has 0 amide bonds. The average molecular weight is 209 g/mol. The van der Waals surface area contributed by atoms with Crippen LogP contribution >= 0.6 is 0 Å². The fraction of sp³-hybridized carbons (Fsp3) is 0.727. The minimum absolute atomic E-state index is 0.246. The van der Waals surface area contributed by atoms with Crippen LogP contribution in [-0.2, 0) is 12.1 Å². The lowest BCUT2D eigenvalue weighted by Gasteiger charge is -2.34. The summed E-state index contributed by atoms with van der Waals surface area (Å²) >= 11 is 0. The van der Waals surface area contributed by atoms with Gasteiger partial charge in [-0.3, -0.25) is 0 Å². The number of imidazole rings is 1. The second kappa shape index (κ2) is 3.94. The van der Waals surface area contributed by atoms with Crippen LogP contribution in [0.3, 0.4) is 0 Å². The van der Waals surface area contributed by atoms with Crippen molar-refractivity contribution in [2.24, 2.45) is 5.73 Å². The van der Waals surface area contributed by atoms with Gasteiger partial charge in [0.05, 0.1) is 0 Å². The van der Waals surface area contributed by atoms with Crippen molar-refractivity contribution < 1.29 is 5.11 Å². The van der Waals surface area contributed by atoms with Crippen molar-refractivity contribution in [2.45, 2.75) is 50.8 Å². The zero-order valence-electron chi connectivity index (χ0n) is 9.19. The SMILES string of the molecule is CCn1ccnc1C1(O)CCC(N)CC1. The van der Waals surface area contributed by atoms with Crippen molar-refractivity contribution in [1.29, 1.82) is 0 Å². The van der Waals surface area contributed by atoms with Gasteiger partial charge in [0.2, 0.25) is 0 Å². The molecule has 0 atom stereocenters. The molecule has 15 heavy (non-hydrogen) atoms. The molecular formula is C11H19N3O. The molecule has 4 nitrogen and oxygen atoms in total. The highest BCUT2D eigenvalue weighted by Gasteiger charge is 2.36. The molecule has 0 unspecified atom stereocenters. The quantitative estimate of drug-likeness (QED) is 0.763. The normalized spacial score (nSPS) is 31.8. The minimum atomic E-state index is -0.755. The molecule has 0 spiro atoms. The lowest BCUT2D eigenvalue weighted by molar-refractivity contribution is -0.0159. The molecule has 1 aromatic heterocycles. The maximum atomic E-state index is 10.5. The highest BCUT2D eigenvalue weighted by molar-refractivity contribution is 5.07. The van der Waals surface area contributed by atoms with Gasteiger partial charge in [0.25, 0.3) is 0 Å². The van der Waals surface area contributed by atoms with Crippen LogP contribution in [0.15, 0.2) is 12.4 Å². The van der Waals surface area contributed by atoms with Gasteiger partial charge in [0, 0.05) is 25.0 Å². The molecule has 2 rings (SSSR count). The highest BCUT2D eigenvalue weighted by Crippen LogP contribution is 2.35. The highest BCUT2D eigenvalue weighted by atomic mass is 16.3. The van der Waals surface area contributed by atoms with Crippen LogP contribution in [0.4, 0.5) is 0 Å². The van der Waals surface area contributed by atoms with E-state index in [4.69, 9.17) is 5.73 Å². The van der Waals surface area contributed by atoms with Crippen LogP contribution in [-0.4, -0.2) is 20.7 Å². The third-order valence-corrected chi connectivity index (χ3v) is 3.33. The van der Waals surface area contributed by atoms with E-state index >= 15 is 0 Å². The molecular weight excluding hydrogens is 190 g/mol. The standard InChI is InChI=1S/C11H19N3O/c1-2-14-8-7-13-10(14)11(15)5-3-9(12)4-6-11/h7-9,15H,2-6,12H2,1H3. The van der Waals surface area contributed by atoms with Crippen LogP contribution < -0.4 is 5.73 Å². The van der Waals surface area contributed by atoms with Gasteiger partial charge in [-0.1, -0.05) is 0 Å². The summed E-state index contributed by atoms with van der Waals surface area (Å²) in [6.45, 7) is 2.91. The van der Waals surface area contributed by atoms with Gasteiger partial charge in [-0.15, -0.1) is 0 Å². The summed E-state index contributed by atoms with van der Waals surface area (Å²) in [5, 5.41) is 10.5. The smallest absolute Gasteiger partial charge is 0.140 e. The van der Waals surface area contributed by atoms with E-state index in [1.807, 2.05) is 10.8 Å². The first-order valence-electron chi connectivity index (χ1n) is 5.65. The maximum absolute atomic E-state index is 10.5. The topological polar surface area (TPSA) is 64.1 Å². The van der Waals surface area contributed by atoms with Gasteiger partial charge in [0.1, 0.15) is 11.4 Å². The Bertz CT molecular complexity index is 326. The third kappa shape index (κ3) is 1.92. The second-order valence-electron chi connectivity index (χ2n) is 4.41. The number of nitrogens with two attached hydrogens (primary N) is 1. The van der Waals surface area contributed by atoms with Crippen molar-refractivity contribution in [3.05, 3.63) is 18.2 Å². The zero-order valence-corrected chi connectivity index (χ0v) is 9.19. The monoisotopic (exact) mass is 209 g/mol. The number of aryl methyl sites for hydroxylation is 1. The number of rotatable bonds is 2. The van der Waals surface area contributed by atoms with E-state index in [-0.39, 0.29) is 6.04 Å². The summed E-state index contributed by atoms with van der Waals surface area (Å²) in [7, 11) is 0. The molecule has 1 fully saturated rings. The summed E-state index contributed by atoms with van der Waals surface area (Å²) in [6.07, 6.45) is 6.89. The Hall–Kier alpha value is -0.870. The fourth-order valence-corrected chi connectivity index (χ4v) is 2.31. The predicted molar refractivity (Wildman–Crippen MR) is 58.2 cm³/mol. The lowest BCUT2D eigenvalue weighted by Crippen LogP contribution is -2.38. The van der Waals surface area contributed by atoms with Crippen molar-refractivity contribution >= 4 is 0 Å². The Labute approximate surface area is 90.1 Å². The zero-order chi connectivity index (χ0) is 10.9. The summed E-state index contributed by atoms with van der Waals surface area (Å²) < 4.78 is 2.01. The summed E-state index contributed by atoms with van der Waals surface area (Å²) in [5.41, 5.74) is 5.09. The summed E-state index contributed by atoms with van der Waals surface area (Å²) in [4.78, 5) is 4.28. The van der Waals surface area contributed by atoms with E-state index in [1.165, 1.54) is 0 Å². The van der Waals surface area contributed by atoms with Crippen molar-refractivity contribution in [3.8, 4) is 0 Å². The molecule has 1 aromatic rings. The van der Waals surface area contributed by atoms with E-state index in [9.17, 15) is 5.11 Å². The van der Waals surface area contributed by atoms with E-state index in [1.54, 1.807) is 6.20 Å². The molecule has 0 aliphatic heterocycles. The number of hydrogen-bond acceptors (Lipinski definition) is 3. The number of aromatic nitrogens is 2. The Balaban J connectivity index is 2.22. The molecule has 1 aliphatic carbocycles. The summed E-state index contributed by atoms with van der Waals surface area (Å²) in [5.74, 6) is 0.803. The van der Waals surface area contributed by atoms with Gasteiger partial charge in [-0.25, -0.2) is 4.98 Å². The Morgan fingerprint density at radius 2 is 2.27 bits per heavy atom. The Morgan fingerprint density at radius 1 is 1.60 bits per heavy atom. The second-order valence-corrected chi connectivity index (χ2v) is 4.41. The van der Waals surface area contributed by atoms with Crippen LogP contribution in [0.5, 0.6) is 0 Å². The van der Waals surface area contributed by atoms with Crippen molar-refractivity contribution in [2.75, 3.05) is 0 Å². The van der Waals surface area contributed by atoms with Gasteiger partial charge in [0.15, 0.2) is 0 Å². The molecule has 0 radical (unpaired) electrons. The number of nitrogens with zero attached hydrogens (tertiary/aromatic N) is 2. The van der Waals surface area contributed by atoms with Crippen LogP contribution in [0.2, 0.25) is 0 Å². The minimum Gasteiger partial charge on any atom is -0.382 e. The molecule has 0 aromatic carbocycles. The third-order valence-electron chi connectivity index (χ3n) is 3.33.